The number of carbonyl (C=O) groups is 2. The molecule has 1 aliphatic heterocycles. The molecule has 1 aliphatic rings. The lowest BCUT2D eigenvalue weighted by Crippen LogP contribution is -2.66. The van der Waals surface area contributed by atoms with Crippen LogP contribution < -0.4 is 10.2 Å². The summed E-state index contributed by atoms with van der Waals surface area (Å²) < 4.78 is 14.1. The number of benzene rings is 1. The summed E-state index contributed by atoms with van der Waals surface area (Å²) in [7, 11) is 0. The highest BCUT2D eigenvalue weighted by Crippen LogP contribution is 2.29. The minimum atomic E-state index is -0.690. The number of piperazine rings is 1. The number of carbonyl (C=O) groups excluding carboxylic acids is 2. The van der Waals surface area contributed by atoms with Crippen LogP contribution in [0.2, 0.25) is 0 Å². The monoisotopic (exact) mass is 292 g/mol. The highest BCUT2D eigenvalue weighted by Gasteiger charge is 2.44. The third kappa shape index (κ3) is 2.77. The molecule has 0 aliphatic carbocycles. The number of nitrogens with one attached hydrogen (secondary N) is 1. The van der Waals surface area contributed by atoms with Crippen LogP contribution in [0.15, 0.2) is 24.3 Å². The first-order valence-corrected chi connectivity index (χ1v) is 7.22. The van der Waals surface area contributed by atoms with E-state index in [4.69, 9.17) is 0 Å². The molecule has 2 atom stereocenters. The second-order valence-corrected chi connectivity index (χ2v) is 6.08. The van der Waals surface area contributed by atoms with Crippen LogP contribution in [0.5, 0.6) is 0 Å². The van der Waals surface area contributed by atoms with Gasteiger partial charge in [0, 0.05) is 0 Å². The third-order valence-corrected chi connectivity index (χ3v) is 3.76. The van der Waals surface area contributed by atoms with Gasteiger partial charge in [0.05, 0.1) is 5.69 Å². The Morgan fingerprint density at radius 3 is 2.24 bits per heavy atom. The summed E-state index contributed by atoms with van der Waals surface area (Å²) in [6.07, 6.45) is 0. The van der Waals surface area contributed by atoms with E-state index in [0.717, 1.165) is 0 Å². The van der Waals surface area contributed by atoms with Crippen LogP contribution in [0, 0.1) is 17.7 Å². The average Bonchev–Trinajstić information content (AvgIpc) is 2.40. The molecule has 1 saturated heterocycles. The zero-order valence-electron chi connectivity index (χ0n) is 12.8. The fourth-order valence-corrected chi connectivity index (χ4v) is 2.67. The van der Waals surface area contributed by atoms with Crippen molar-refractivity contribution in [2.75, 3.05) is 4.90 Å². The standard InChI is InChI=1S/C16H21FN2O2/c1-9(2)13-16(21)19(12-8-6-5-7-11(12)17)14(10(3)4)15(20)18-13/h5-10,13-14H,1-4H3,(H,18,20). The van der Waals surface area contributed by atoms with Crippen LogP contribution >= 0.6 is 0 Å². The lowest BCUT2D eigenvalue weighted by Gasteiger charge is -2.42. The first kappa shape index (κ1) is 15.5. The van der Waals surface area contributed by atoms with Crippen LogP contribution in [0.25, 0.3) is 0 Å². The Morgan fingerprint density at radius 2 is 1.71 bits per heavy atom. The Hall–Kier alpha value is -1.91. The Balaban J connectivity index is 2.52. The fourth-order valence-electron chi connectivity index (χ4n) is 2.67. The molecule has 0 aromatic heterocycles. The molecule has 1 N–H and O–H groups in total. The van der Waals surface area contributed by atoms with Crippen LogP contribution in [0.3, 0.4) is 0 Å². The number of para-hydroxylation sites is 1. The number of nitrogens with zero attached hydrogens (tertiary/aromatic N) is 1. The van der Waals surface area contributed by atoms with Crippen molar-refractivity contribution in [2.24, 2.45) is 11.8 Å². The Labute approximate surface area is 124 Å². The number of hydrogen-bond acceptors (Lipinski definition) is 2. The van der Waals surface area contributed by atoms with Crippen molar-refractivity contribution in [1.82, 2.24) is 5.32 Å². The summed E-state index contributed by atoms with van der Waals surface area (Å²) in [5, 5.41) is 2.76. The predicted molar refractivity (Wildman–Crippen MR) is 79.3 cm³/mol. The molecule has 21 heavy (non-hydrogen) atoms. The number of anilines is 1. The van der Waals surface area contributed by atoms with Gasteiger partial charge < -0.3 is 5.32 Å². The Morgan fingerprint density at radius 1 is 1.10 bits per heavy atom. The SMILES string of the molecule is CC(C)C1NC(=O)C(C(C)C)N(c2ccccc2F)C1=O. The van der Waals surface area contributed by atoms with Crippen LogP contribution in [0.4, 0.5) is 10.1 Å². The quantitative estimate of drug-likeness (QED) is 0.929. The van der Waals surface area contributed by atoms with E-state index >= 15 is 0 Å². The smallest absolute Gasteiger partial charge is 0.250 e. The Kier molecular flexibility index (Phi) is 4.30. The fraction of sp³-hybridized carbons (Fsp3) is 0.500. The number of halogens is 1. The zero-order valence-corrected chi connectivity index (χ0v) is 12.8. The molecule has 0 bridgehead atoms. The average molecular weight is 292 g/mol. The molecular formula is C16H21FN2O2. The van der Waals surface area contributed by atoms with Gasteiger partial charge in [0.1, 0.15) is 17.9 Å². The molecular weight excluding hydrogens is 271 g/mol. The van der Waals surface area contributed by atoms with Crippen molar-refractivity contribution in [2.45, 2.75) is 39.8 Å². The second kappa shape index (κ2) is 5.84. The van der Waals surface area contributed by atoms with Crippen LogP contribution in [-0.4, -0.2) is 23.9 Å². The van der Waals surface area contributed by atoms with Gasteiger partial charge in [0.15, 0.2) is 0 Å². The van der Waals surface area contributed by atoms with Crippen molar-refractivity contribution in [3.8, 4) is 0 Å². The molecule has 1 aromatic carbocycles. The van der Waals surface area contributed by atoms with Crippen molar-refractivity contribution >= 4 is 17.5 Å². The molecule has 4 nitrogen and oxygen atoms in total. The van der Waals surface area contributed by atoms with E-state index in [1.165, 1.54) is 11.0 Å². The lowest BCUT2D eigenvalue weighted by atomic mass is 9.92. The van der Waals surface area contributed by atoms with Crippen LogP contribution in [-0.2, 0) is 9.59 Å². The molecule has 1 aromatic rings. The highest BCUT2D eigenvalue weighted by atomic mass is 19.1. The van der Waals surface area contributed by atoms with Crippen LogP contribution in [0.1, 0.15) is 27.7 Å². The summed E-state index contributed by atoms with van der Waals surface area (Å²) in [6.45, 7) is 7.41. The summed E-state index contributed by atoms with van der Waals surface area (Å²) in [6, 6.07) is 4.77. The molecule has 114 valence electrons. The number of hydrogen-bond donors (Lipinski definition) is 1. The molecule has 2 amide bonds. The minimum absolute atomic E-state index is 0.0520. The van der Waals surface area contributed by atoms with E-state index in [1.54, 1.807) is 18.2 Å². The van der Waals surface area contributed by atoms with Gasteiger partial charge in [0.25, 0.3) is 5.91 Å². The third-order valence-electron chi connectivity index (χ3n) is 3.76. The molecule has 0 spiro atoms. The molecule has 2 rings (SSSR count). The van der Waals surface area contributed by atoms with Crippen molar-refractivity contribution in [3.63, 3.8) is 0 Å². The lowest BCUT2D eigenvalue weighted by molar-refractivity contribution is -0.135. The van der Waals surface area contributed by atoms with Gasteiger partial charge in [-0.1, -0.05) is 39.8 Å². The molecule has 0 saturated carbocycles. The summed E-state index contributed by atoms with van der Waals surface area (Å²) in [4.78, 5) is 26.4. The normalized spacial score (nSPS) is 22.9. The van der Waals surface area contributed by atoms with E-state index in [1.807, 2.05) is 27.7 Å². The molecule has 0 radical (unpaired) electrons. The first-order chi connectivity index (χ1) is 9.84. The number of amides is 2. The molecule has 2 unspecified atom stereocenters. The van der Waals surface area contributed by atoms with E-state index in [2.05, 4.69) is 5.32 Å². The summed E-state index contributed by atoms with van der Waals surface area (Å²) >= 11 is 0. The maximum atomic E-state index is 14.1. The summed E-state index contributed by atoms with van der Waals surface area (Å²) in [5.41, 5.74) is 0.168. The zero-order chi connectivity index (χ0) is 15.7. The van der Waals surface area contributed by atoms with Gasteiger partial charge >= 0.3 is 0 Å². The molecule has 1 heterocycles. The van der Waals surface area contributed by atoms with Crippen molar-refractivity contribution < 1.29 is 14.0 Å². The van der Waals surface area contributed by atoms with Gasteiger partial charge in [-0.25, -0.2) is 4.39 Å². The largest absolute Gasteiger partial charge is 0.342 e. The molecule has 5 heteroatoms. The topological polar surface area (TPSA) is 49.4 Å². The maximum Gasteiger partial charge on any atom is 0.250 e. The number of rotatable bonds is 3. The van der Waals surface area contributed by atoms with Gasteiger partial charge in [-0.2, -0.15) is 0 Å². The van der Waals surface area contributed by atoms with Gasteiger partial charge in [-0.3, -0.25) is 14.5 Å². The second-order valence-electron chi connectivity index (χ2n) is 6.08. The van der Waals surface area contributed by atoms with E-state index < -0.39 is 17.9 Å². The van der Waals surface area contributed by atoms with Gasteiger partial charge in [-0.15, -0.1) is 0 Å². The maximum absolute atomic E-state index is 14.1. The van der Waals surface area contributed by atoms with Crippen molar-refractivity contribution in [3.05, 3.63) is 30.1 Å². The van der Waals surface area contributed by atoms with E-state index in [0.29, 0.717) is 0 Å². The van der Waals surface area contributed by atoms with Crippen molar-refractivity contribution in [1.29, 1.82) is 0 Å². The van der Waals surface area contributed by atoms with E-state index in [-0.39, 0.29) is 29.3 Å². The predicted octanol–water partition coefficient (Wildman–Crippen LogP) is 2.34. The minimum Gasteiger partial charge on any atom is -0.342 e. The Bertz CT molecular complexity index is 557. The van der Waals surface area contributed by atoms with E-state index in [9.17, 15) is 14.0 Å². The molecule has 1 fully saturated rings. The highest BCUT2D eigenvalue weighted by molar-refractivity contribution is 6.08. The van der Waals surface area contributed by atoms with Gasteiger partial charge in [0.2, 0.25) is 5.91 Å². The summed E-state index contributed by atoms with van der Waals surface area (Å²) in [5.74, 6) is -1.14. The van der Waals surface area contributed by atoms with Gasteiger partial charge in [-0.05, 0) is 24.0 Å². The first-order valence-electron chi connectivity index (χ1n) is 7.22.